The van der Waals surface area contributed by atoms with Gasteiger partial charge < -0.3 is 5.32 Å². The number of nitrogens with one attached hydrogen (secondary N) is 1. The van der Waals surface area contributed by atoms with Crippen molar-refractivity contribution in [2.24, 2.45) is 0 Å². The molecule has 1 aliphatic carbocycles. The Bertz CT molecular complexity index is 861. The molecule has 0 spiro atoms. The quantitative estimate of drug-likeness (QED) is 0.773. The van der Waals surface area contributed by atoms with E-state index in [1.54, 1.807) is 11.3 Å². The van der Waals surface area contributed by atoms with Crippen LogP contribution in [0, 0.1) is 18.3 Å². The summed E-state index contributed by atoms with van der Waals surface area (Å²) in [4.78, 5) is 15.8. The van der Waals surface area contributed by atoms with Crippen LogP contribution in [0.4, 0.5) is 5.00 Å². The van der Waals surface area contributed by atoms with Gasteiger partial charge in [-0.3, -0.25) is 14.4 Å². The number of anilines is 1. The molecule has 2 aromatic heterocycles. The number of aryl methyl sites for hydroxylation is 2. The van der Waals surface area contributed by atoms with Crippen LogP contribution >= 0.6 is 11.3 Å². The van der Waals surface area contributed by atoms with Gasteiger partial charge in [0.1, 0.15) is 11.1 Å². The largest absolute Gasteiger partial charge is 0.315 e. The number of nitrogens with zero attached hydrogens (tertiary/aromatic N) is 4. The topological polar surface area (TPSA) is 74.0 Å². The number of nitriles is 1. The molecule has 2 aromatic rings. The van der Waals surface area contributed by atoms with Gasteiger partial charge >= 0.3 is 0 Å². The van der Waals surface area contributed by atoms with E-state index in [1.165, 1.54) is 17.7 Å². The van der Waals surface area contributed by atoms with Crippen molar-refractivity contribution in [2.75, 3.05) is 18.9 Å². The van der Waals surface area contributed by atoms with Crippen LogP contribution in [-0.2, 0) is 30.7 Å². The summed E-state index contributed by atoms with van der Waals surface area (Å²) in [6.45, 7) is 5.92. The fourth-order valence-corrected chi connectivity index (χ4v) is 4.92. The fraction of sp³-hybridized carbons (Fsp3) is 0.550. The minimum absolute atomic E-state index is 0.0778. The monoisotopic (exact) mass is 385 g/mol. The Hall–Kier alpha value is -2.17. The molecule has 2 heterocycles. The van der Waals surface area contributed by atoms with Crippen LogP contribution in [0.1, 0.15) is 53.4 Å². The van der Waals surface area contributed by atoms with E-state index >= 15 is 0 Å². The number of rotatable bonds is 6. The van der Waals surface area contributed by atoms with E-state index in [4.69, 9.17) is 0 Å². The van der Waals surface area contributed by atoms with Gasteiger partial charge in [-0.15, -0.1) is 11.3 Å². The third kappa shape index (κ3) is 4.40. The number of aromatic nitrogens is 2. The van der Waals surface area contributed by atoms with Gasteiger partial charge in [0.2, 0.25) is 5.91 Å². The Balaban J connectivity index is 1.64. The first-order valence-electron chi connectivity index (χ1n) is 9.57. The first kappa shape index (κ1) is 19.6. The van der Waals surface area contributed by atoms with Gasteiger partial charge in [-0.05, 0) is 52.1 Å². The van der Waals surface area contributed by atoms with Crippen LogP contribution in [0.15, 0.2) is 6.20 Å². The summed E-state index contributed by atoms with van der Waals surface area (Å²) in [6, 6.07) is 2.32. The van der Waals surface area contributed by atoms with Crippen molar-refractivity contribution < 1.29 is 4.79 Å². The maximum atomic E-state index is 12.5. The second-order valence-corrected chi connectivity index (χ2v) is 8.28. The standard InChI is InChI=1S/C20H27N5OS/c1-4-25-14(2)15(11-22-25)12-24(3)13-19(26)23-20-17(10-21)16-8-6-5-7-9-18(16)27-20/h11H,4-9,12-13H2,1-3H3,(H,23,26). The second kappa shape index (κ2) is 8.68. The molecule has 1 aliphatic rings. The van der Waals surface area contributed by atoms with E-state index in [0.717, 1.165) is 47.6 Å². The predicted molar refractivity (Wildman–Crippen MR) is 108 cm³/mol. The van der Waals surface area contributed by atoms with Crippen molar-refractivity contribution in [3.05, 3.63) is 33.5 Å². The minimum atomic E-state index is -0.0778. The first-order valence-corrected chi connectivity index (χ1v) is 10.4. The molecular formula is C20H27N5OS. The summed E-state index contributed by atoms with van der Waals surface area (Å²) in [5.41, 5.74) is 4.10. The lowest BCUT2D eigenvalue weighted by atomic mass is 10.1. The van der Waals surface area contributed by atoms with Crippen molar-refractivity contribution >= 4 is 22.2 Å². The number of hydrogen-bond acceptors (Lipinski definition) is 5. The number of thiophene rings is 1. The number of carbonyl (C=O) groups excluding carboxylic acids is 1. The lowest BCUT2D eigenvalue weighted by Crippen LogP contribution is -2.30. The van der Waals surface area contributed by atoms with Gasteiger partial charge in [-0.2, -0.15) is 10.4 Å². The molecule has 7 heteroatoms. The Morgan fingerprint density at radius 3 is 2.89 bits per heavy atom. The Morgan fingerprint density at radius 2 is 2.19 bits per heavy atom. The summed E-state index contributed by atoms with van der Waals surface area (Å²) in [6.07, 6.45) is 7.35. The third-order valence-electron chi connectivity index (χ3n) is 5.14. The summed E-state index contributed by atoms with van der Waals surface area (Å²) in [7, 11) is 1.93. The average molecular weight is 386 g/mol. The molecule has 0 aromatic carbocycles. The summed E-state index contributed by atoms with van der Waals surface area (Å²) in [5.74, 6) is -0.0778. The van der Waals surface area contributed by atoms with E-state index in [-0.39, 0.29) is 12.5 Å². The second-order valence-electron chi connectivity index (χ2n) is 7.17. The van der Waals surface area contributed by atoms with Crippen LogP contribution in [0.3, 0.4) is 0 Å². The van der Waals surface area contributed by atoms with E-state index in [1.807, 2.05) is 22.8 Å². The highest BCUT2D eigenvalue weighted by atomic mass is 32.1. The highest BCUT2D eigenvalue weighted by molar-refractivity contribution is 7.16. The van der Waals surface area contributed by atoms with E-state index < -0.39 is 0 Å². The molecule has 6 nitrogen and oxygen atoms in total. The molecule has 0 fully saturated rings. The molecule has 0 radical (unpaired) electrons. The van der Waals surface area contributed by atoms with Gasteiger partial charge in [0.15, 0.2) is 0 Å². The molecule has 0 bridgehead atoms. The Morgan fingerprint density at radius 1 is 1.41 bits per heavy atom. The normalized spacial score (nSPS) is 13.9. The molecule has 0 saturated carbocycles. The summed E-state index contributed by atoms with van der Waals surface area (Å²) in [5, 5.41) is 17.6. The molecule has 1 amide bonds. The fourth-order valence-electron chi connectivity index (χ4n) is 3.67. The van der Waals surface area contributed by atoms with Gasteiger partial charge in [-0.25, -0.2) is 0 Å². The highest BCUT2D eigenvalue weighted by Crippen LogP contribution is 2.36. The van der Waals surface area contributed by atoms with E-state index in [9.17, 15) is 10.1 Å². The van der Waals surface area contributed by atoms with Crippen molar-refractivity contribution in [1.29, 1.82) is 5.26 Å². The maximum Gasteiger partial charge on any atom is 0.239 e. The molecule has 27 heavy (non-hydrogen) atoms. The van der Waals surface area contributed by atoms with Crippen LogP contribution < -0.4 is 5.32 Å². The van der Waals surface area contributed by atoms with Gasteiger partial charge in [0.25, 0.3) is 0 Å². The zero-order chi connectivity index (χ0) is 19.4. The summed E-state index contributed by atoms with van der Waals surface area (Å²) >= 11 is 1.58. The zero-order valence-electron chi connectivity index (χ0n) is 16.3. The molecule has 0 aliphatic heterocycles. The van der Waals surface area contributed by atoms with Crippen LogP contribution in [0.5, 0.6) is 0 Å². The van der Waals surface area contributed by atoms with Crippen molar-refractivity contribution in [3.63, 3.8) is 0 Å². The van der Waals surface area contributed by atoms with Crippen molar-refractivity contribution in [2.45, 2.75) is 59.0 Å². The van der Waals surface area contributed by atoms with E-state index in [2.05, 4.69) is 30.3 Å². The minimum Gasteiger partial charge on any atom is -0.315 e. The first-order chi connectivity index (χ1) is 13.0. The predicted octanol–water partition coefficient (Wildman–Crippen LogP) is 3.48. The number of fused-ring (bicyclic) bond motifs is 1. The molecular weight excluding hydrogens is 358 g/mol. The summed E-state index contributed by atoms with van der Waals surface area (Å²) < 4.78 is 1.96. The lowest BCUT2D eigenvalue weighted by Gasteiger charge is -2.16. The SMILES string of the molecule is CCn1ncc(CN(C)CC(=O)Nc2sc3c(c2C#N)CCCCC3)c1C. The third-order valence-corrected chi connectivity index (χ3v) is 6.35. The number of likely N-dealkylation sites (N-methyl/N-ethyl adjacent to an activating group) is 1. The maximum absolute atomic E-state index is 12.5. The van der Waals surface area contributed by atoms with Gasteiger partial charge in [0.05, 0.1) is 18.3 Å². The number of carbonyl (C=O) groups is 1. The Labute approximate surface area is 164 Å². The van der Waals surface area contributed by atoms with Crippen LogP contribution in [0.25, 0.3) is 0 Å². The Kier molecular flexibility index (Phi) is 6.30. The van der Waals surface area contributed by atoms with Crippen LogP contribution in [-0.4, -0.2) is 34.2 Å². The smallest absolute Gasteiger partial charge is 0.239 e. The van der Waals surface area contributed by atoms with E-state index in [0.29, 0.717) is 12.1 Å². The average Bonchev–Trinajstić information content (AvgIpc) is 3.04. The van der Waals surface area contributed by atoms with Gasteiger partial charge in [0, 0.05) is 29.2 Å². The van der Waals surface area contributed by atoms with Crippen molar-refractivity contribution in [3.8, 4) is 6.07 Å². The molecule has 0 atom stereocenters. The van der Waals surface area contributed by atoms with Gasteiger partial charge in [-0.1, -0.05) is 6.42 Å². The lowest BCUT2D eigenvalue weighted by molar-refractivity contribution is -0.117. The molecule has 144 valence electrons. The number of amides is 1. The highest BCUT2D eigenvalue weighted by Gasteiger charge is 2.21. The molecule has 0 unspecified atom stereocenters. The van der Waals surface area contributed by atoms with Crippen molar-refractivity contribution in [1.82, 2.24) is 14.7 Å². The number of hydrogen-bond donors (Lipinski definition) is 1. The molecule has 1 N–H and O–H groups in total. The van der Waals surface area contributed by atoms with Crippen LogP contribution in [0.2, 0.25) is 0 Å². The molecule has 3 rings (SSSR count). The zero-order valence-corrected chi connectivity index (χ0v) is 17.2. The molecule has 0 saturated heterocycles.